The molecule has 5 heteroatoms. The van der Waals surface area contributed by atoms with Crippen LogP contribution in [-0.2, 0) is 4.79 Å². The summed E-state index contributed by atoms with van der Waals surface area (Å²) in [6, 6.07) is 3.72. The van der Waals surface area contributed by atoms with Crippen molar-refractivity contribution >= 4 is 39.3 Å². The maximum absolute atomic E-state index is 11.4. The van der Waals surface area contributed by atoms with Gasteiger partial charge in [-0.3, -0.25) is 4.79 Å². The third-order valence-electron chi connectivity index (χ3n) is 2.32. The van der Waals surface area contributed by atoms with Crippen LogP contribution in [0.1, 0.15) is 32.4 Å². The van der Waals surface area contributed by atoms with Crippen LogP contribution in [0.15, 0.2) is 21.5 Å². The van der Waals surface area contributed by atoms with Crippen molar-refractivity contribution in [2.75, 3.05) is 5.32 Å². The molecule has 0 fully saturated rings. The van der Waals surface area contributed by atoms with E-state index in [0.29, 0.717) is 11.3 Å². The van der Waals surface area contributed by atoms with Gasteiger partial charge in [0.15, 0.2) is 6.10 Å². The molecule has 0 spiro atoms. The number of amides is 1. The predicted octanol–water partition coefficient (Wildman–Crippen LogP) is 3.33. The normalized spacial score (nSPS) is 19.1. The summed E-state index contributed by atoms with van der Waals surface area (Å²) < 4.78 is 1.00. The smallest absolute Gasteiger partial charge is 0.257 e. The third-order valence-corrected chi connectivity index (χ3v) is 4.41. The molecule has 17 heavy (non-hydrogen) atoms. The molecule has 1 aliphatic heterocycles. The van der Waals surface area contributed by atoms with Crippen LogP contribution >= 0.6 is 27.7 Å². The number of aliphatic hydroxyl groups excluding tert-OH is 1. The third kappa shape index (κ3) is 2.67. The average Bonchev–Trinajstić information content (AvgIpc) is 2.43. The van der Waals surface area contributed by atoms with Gasteiger partial charge >= 0.3 is 0 Å². The summed E-state index contributed by atoms with van der Waals surface area (Å²) in [5, 5.41) is 12.3. The largest absolute Gasteiger partial charge is 0.378 e. The summed E-state index contributed by atoms with van der Waals surface area (Å²) in [6.45, 7) is 6.39. The Morgan fingerprint density at radius 3 is 2.65 bits per heavy atom. The van der Waals surface area contributed by atoms with Gasteiger partial charge in [0.25, 0.3) is 5.91 Å². The second-order valence-corrected chi connectivity index (χ2v) is 7.70. The quantitative estimate of drug-likeness (QED) is 0.782. The molecule has 3 nitrogen and oxygen atoms in total. The average molecular weight is 316 g/mol. The first kappa shape index (κ1) is 12.9. The zero-order chi connectivity index (χ0) is 12.8. The molecular weight excluding hydrogens is 302 g/mol. The molecule has 1 unspecified atom stereocenters. The number of thioether (sulfide) groups is 1. The molecule has 0 aromatic heterocycles. The van der Waals surface area contributed by atoms with Crippen LogP contribution in [0.4, 0.5) is 5.69 Å². The molecule has 2 N–H and O–H groups in total. The van der Waals surface area contributed by atoms with Gasteiger partial charge in [0.05, 0.1) is 0 Å². The highest BCUT2D eigenvalue weighted by molar-refractivity contribution is 9.10. The number of rotatable bonds is 1. The van der Waals surface area contributed by atoms with Gasteiger partial charge in [0.1, 0.15) is 0 Å². The van der Waals surface area contributed by atoms with Crippen molar-refractivity contribution in [1.29, 1.82) is 0 Å². The molecular formula is C12H14BrNO2S. The number of fused-ring (bicyclic) bond motifs is 1. The predicted molar refractivity (Wildman–Crippen MR) is 73.3 cm³/mol. The van der Waals surface area contributed by atoms with Gasteiger partial charge in [-0.15, -0.1) is 11.8 Å². The van der Waals surface area contributed by atoms with Crippen LogP contribution in [0.3, 0.4) is 0 Å². The lowest BCUT2D eigenvalue weighted by atomic mass is 10.1. The highest BCUT2D eigenvalue weighted by atomic mass is 79.9. The Morgan fingerprint density at radius 2 is 2.06 bits per heavy atom. The number of hydrogen-bond acceptors (Lipinski definition) is 3. The first-order chi connectivity index (χ1) is 7.78. The second-order valence-electron chi connectivity index (χ2n) is 4.98. The van der Waals surface area contributed by atoms with Crippen LogP contribution in [0.2, 0.25) is 0 Å². The van der Waals surface area contributed by atoms with E-state index in [0.717, 1.165) is 9.37 Å². The summed E-state index contributed by atoms with van der Waals surface area (Å²) in [4.78, 5) is 12.4. The maximum Gasteiger partial charge on any atom is 0.257 e. The number of halogens is 1. The van der Waals surface area contributed by atoms with E-state index >= 15 is 0 Å². The number of carbonyl (C=O) groups excluding carboxylic acids is 1. The SMILES string of the molecule is CC(C)(C)Sc1cc2c(cc1Br)C(O)C(=O)N2. The van der Waals surface area contributed by atoms with Gasteiger partial charge in [-0.2, -0.15) is 0 Å². The minimum atomic E-state index is -1.05. The van der Waals surface area contributed by atoms with Gasteiger partial charge in [-0.1, -0.05) is 20.8 Å². The molecule has 0 aliphatic carbocycles. The van der Waals surface area contributed by atoms with Crippen molar-refractivity contribution < 1.29 is 9.90 Å². The number of hydrogen-bond donors (Lipinski definition) is 2. The molecule has 0 saturated carbocycles. The van der Waals surface area contributed by atoms with Crippen LogP contribution in [0.25, 0.3) is 0 Å². The molecule has 92 valence electrons. The van der Waals surface area contributed by atoms with Crippen molar-refractivity contribution in [3.63, 3.8) is 0 Å². The summed E-state index contributed by atoms with van der Waals surface area (Å²) in [7, 11) is 0. The van der Waals surface area contributed by atoms with Crippen LogP contribution < -0.4 is 5.32 Å². The van der Waals surface area contributed by atoms with E-state index in [-0.39, 0.29) is 10.7 Å². The zero-order valence-electron chi connectivity index (χ0n) is 9.87. The fraction of sp³-hybridized carbons (Fsp3) is 0.417. The van der Waals surface area contributed by atoms with Crippen LogP contribution in [-0.4, -0.2) is 15.8 Å². The molecule has 1 aromatic rings. The van der Waals surface area contributed by atoms with Crippen molar-refractivity contribution in [3.05, 3.63) is 22.2 Å². The first-order valence-corrected chi connectivity index (χ1v) is 6.90. The molecule has 1 atom stereocenters. The monoisotopic (exact) mass is 315 g/mol. The van der Waals surface area contributed by atoms with Crippen LogP contribution in [0, 0.1) is 0 Å². The number of carbonyl (C=O) groups is 1. The summed E-state index contributed by atoms with van der Waals surface area (Å²) in [5.74, 6) is -0.357. The van der Waals surface area contributed by atoms with Gasteiger partial charge in [0, 0.05) is 25.4 Å². The number of benzene rings is 1. The van der Waals surface area contributed by atoms with Crippen molar-refractivity contribution in [1.82, 2.24) is 0 Å². The van der Waals surface area contributed by atoms with E-state index in [1.807, 2.05) is 12.1 Å². The molecule has 2 rings (SSSR count). The summed E-state index contributed by atoms with van der Waals surface area (Å²) in [5.41, 5.74) is 1.34. The lowest BCUT2D eigenvalue weighted by Crippen LogP contribution is -2.10. The van der Waals surface area contributed by atoms with Crippen LogP contribution in [0.5, 0.6) is 0 Å². The number of nitrogens with one attached hydrogen (secondary N) is 1. The minimum Gasteiger partial charge on any atom is -0.378 e. The molecule has 0 radical (unpaired) electrons. The van der Waals surface area contributed by atoms with Gasteiger partial charge in [-0.25, -0.2) is 0 Å². The lowest BCUT2D eigenvalue weighted by Gasteiger charge is -2.19. The highest BCUT2D eigenvalue weighted by Crippen LogP contribution is 2.42. The molecule has 1 heterocycles. The van der Waals surface area contributed by atoms with Crippen molar-refractivity contribution in [2.24, 2.45) is 0 Å². The Bertz CT molecular complexity index is 482. The lowest BCUT2D eigenvalue weighted by molar-refractivity contribution is -0.123. The standard InChI is InChI=1S/C12H14BrNO2S/c1-12(2,3)17-9-5-8-6(4-7(9)13)10(15)11(16)14-8/h4-5,10,15H,1-3H3,(H,14,16). The zero-order valence-corrected chi connectivity index (χ0v) is 12.3. The van der Waals surface area contributed by atoms with E-state index in [2.05, 4.69) is 42.0 Å². The maximum atomic E-state index is 11.4. The molecule has 1 amide bonds. The Kier molecular flexibility index (Phi) is 3.27. The number of anilines is 1. The fourth-order valence-corrected chi connectivity index (χ4v) is 3.25. The topological polar surface area (TPSA) is 49.3 Å². The van der Waals surface area contributed by atoms with Gasteiger partial charge in [-0.05, 0) is 28.1 Å². The van der Waals surface area contributed by atoms with E-state index < -0.39 is 6.10 Å². The highest BCUT2D eigenvalue weighted by Gasteiger charge is 2.30. The second kappa shape index (κ2) is 4.30. The van der Waals surface area contributed by atoms with Gasteiger partial charge in [0.2, 0.25) is 0 Å². The Morgan fingerprint density at radius 1 is 1.41 bits per heavy atom. The summed E-state index contributed by atoms with van der Waals surface area (Å²) in [6.07, 6.45) is -1.05. The summed E-state index contributed by atoms with van der Waals surface area (Å²) >= 11 is 5.19. The van der Waals surface area contributed by atoms with E-state index in [9.17, 15) is 9.90 Å². The van der Waals surface area contributed by atoms with Crippen molar-refractivity contribution in [3.8, 4) is 0 Å². The van der Waals surface area contributed by atoms with Crippen molar-refractivity contribution in [2.45, 2.75) is 36.5 Å². The van der Waals surface area contributed by atoms with E-state index in [4.69, 9.17) is 0 Å². The molecule has 0 saturated heterocycles. The Labute approximate surface area is 113 Å². The van der Waals surface area contributed by atoms with E-state index in [1.165, 1.54) is 0 Å². The first-order valence-electron chi connectivity index (χ1n) is 5.29. The fourth-order valence-electron chi connectivity index (χ4n) is 1.65. The molecule has 1 aromatic carbocycles. The Balaban J connectivity index is 2.40. The minimum absolute atomic E-state index is 0.0952. The Hall–Kier alpha value is -0.520. The number of aliphatic hydroxyl groups is 1. The van der Waals surface area contributed by atoms with E-state index in [1.54, 1.807) is 11.8 Å². The molecule has 1 aliphatic rings. The molecule has 0 bridgehead atoms. The van der Waals surface area contributed by atoms with Gasteiger partial charge < -0.3 is 10.4 Å².